The van der Waals surface area contributed by atoms with Crippen molar-refractivity contribution in [3.63, 3.8) is 0 Å². The maximum atomic E-state index is 12.5. The lowest BCUT2D eigenvalue weighted by Gasteiger charge is -2.16. The van der Waals surface area contributed by atoms with Gasteiger partial charge in [-0.15, -0.1) is 12.4 Å². The molecular weight excluding hydrogens is 276 g/mol. The van der Waals surface area contributed by atoms with Crippen LogP contribution in [0.2, 0.25) is 0 Å². The van der Waals surface area contributed by atoms with Crippen LogP contribution in [-0.2, 0) is 17.1 Å². The highest BCUT2D eigenvalue weighted by Crippen LogP contribution is 2.25. The van der Waals surface area contributed by atoms with Crippen molar-refractivity contribution in [2.45, 2.75) is 31.2 Å². The molecule has 0 saturated carbocycles. The second-order valence-electron chi connectivity index (χ2n) is 4.54. The molecule has 0 radical (unpaired) electrons. The Labute approximate surface area is 114 Å². The Hall–Kier alpha value is -0.630. The van der Waals surface area contributed by atoms with Crippen molar-refractivity contribution in [2.24, 2.45) is 12.8 Å². The molecule has 1 fully saturated rings. The molecule has 104 valence electrons. The minimum Gasteiger partial charge on any atom is -0.326 e. The molecule has 0 aliphatic carbocycles. The summed E-state index contributed by atoms with van der Waals surface area (Å²) in [6.45, 7) is 4.38. The van der Waals surface area contributed by atoms with E-state index in [-0.39, 0.29) is 18.4 Å². The summed E-state index contributed by atoms with van der Waals surface area (Å²) in [5.74, 6) is 0. The van der Waals surface area contributed by atoms with Crippen LogP contribution in [0.1, 0.15) is 17.8 Å². The standard InChI is InChI=1S/C10H18N4O2S.ClH/c1-7-10(8(2)13(3)12-7)17(15,16)14-5-4-9(11)6-14;/h9H,4-6,11H2,1-3H3;1H/t9-;/m0./s1. The number of aryl methyl sites for hydroxylation is 2. The van der Waals surface area contributed by atoms with Gasteiger partial charge in [0, 0.05) is 26.2 Å². The van der Waals surface area contributed by atoms with Gasteiger partial charge in [-0.25, -0.2) is 8.42 Å². The maximum absolute atomic E-state index is 12.5. The van der Waals surface area contributed by atoms with Crippen LogP contribution < -0.4 is 5.73 Å². The predicted molar refractivity (Wildman–Crippen MR) is 71.3 cm³/mol. The average Bonchev–Trinajstić information content (AvgIpc) is 2.73. The van der Waals surface area contributed by atoms with Gasteiger partial charge in [0.25, 0.3) is 0 Å². The van der Waals surface area contributed by atoms with Gasteiger partial charge < -0.3 is 5.73 Å². The van der Waals surface area contributed by atoms with Crippen LogP contribution in [0.15, 0.2) is 4.90 Å². The van der Waals surface area contributed by atoms with Gasteiger partial charge in [-0.05, 0) is 20.3 Å². The molecule has 0 spiro atoms. The molecule has 1 aliphatic heterocycles. The lowest BCUT2D eigenvalue weighted by Crippen LogP contribution is -2.32. The first-order valence-corrected chi connectivity index (χ1v) is 7.04. The zero-order valence-electron chi connectivity index (χ0n) is 10.8. The molecule has 2 heterocycles. The summed E-state index contributed by atoms with van der Waals surface area (Å²) < 4.78 is 28.0. The first-order valence-electron chi connectivity index (χ1n) is 5.60. The Balaban J connectivity index is 0.00000162. The highest BCUT2D eigenvalue weighted by Gasteiger charge is 2.34. The molecule has 0 amide bonds. The van der Waals surface area contributed by atoms with Crippen LogP contribution in [0.3, 0.4) is 0 Å². The van der Waals surface area contributed by atoms with Crippen molar-refractivity contribution in [1.82, 2.24) is 14.1 Å². The van der Waals surface area contributed by atoms with Crippen LogP contribution in [0.5, 0.6) is 0 Å². The highest BCUT2D eigenvalue weighted by molar-refractivity contribution is 7.89. The second kappa shape index (κ2) is 5.16. The Morgan fingerprint density at radius 1 is 1.39 bits per heavy atom. The van der Waals surface area contributed by atoms with Gasteiger partial charge in [-0.2, -0.15) is 9.40 Å². The lowest BCUT2D eigenvalue weighted by atomic mass is 10.3. The number of nitrogens with two attached hydrogens (primary N) is 1. The number of sulfonamides is 1. The van der Waals surface area contributed by atoms with Gasteiger partial charge in [-0.1, -0.05) is 0 Å². The summed E-state index contributed by atoms with van der Waals surface area (Å²) in [6.07, 6.45) is 0.720. The van der Waals surface area contributed by atoms with Crippen molar-refractivity contribution < 1.29 is 8.42 Å². The third-order valence-electron chi connectivity index (χ3n) is 3.23. The van der Waals surface area contributed by atoms with E-state index in [4.69, 9.17) is 5.73 Å². The smallest absolute Gasteiger partial charge is 0.246 e. The minimum absolute atomic E-state index is 0. The molecule has 0 unspecified atom stereocenters. The SMILES string of the molecule is Cc1nn(C)c(C)c1S(=O)(=O)N1CC[C@H](N)C1.Cl. The van der Waals surface area contributed by atoms with Crippen LogP contribution >= 0.6 is 12.4 Å². The van der Waals surface area contributed by atoms with E-state index in [1.807, 2.05) is 0 Å². The van der Waals surface area contributed by atoms with E-state index in [1.165, 1.54) is 4.31 Å². The van der Waals surface area contributed by atoms with Gasteiger partial charge >= 0.3 is 0 Å². The molecule has 1 atom stereocenters. The minimum atomic E-state index is -3.44. The Morgan fingerprint density at radius 3 is 2.39 bits per heavy atom. The number of hydrogen-bond acceptors (Lipinski definition) is 4. The number of aromatic nitrogens is 2. The molecule has 1 aliphatic rings. The zero-order chi connectivity index (χ0) is 12.8. The molecule has 8 heteroatoms. The monoisotopic (exact) mass is 294 g/mol. The fourth-order valence-electron chi connectivity index (χ4n) is 2.23. The van der Waals surface area contributed by atoms with E-state index in [0.717, 1.165) is 6.42 Å². The number of halogens is 1. The lowest BCUT2D eigenvalue weighted by molar-refractivity contribution is 0.471. The fourth-order valence-corrected chi connectivity index (χ4v) is 4.14. The molecule has 0 bridgehead atoms. The van der Waals surface area contributed by atoms with Crippen LogP contribution in [0.4, 0.5) is 0 Å². The Morgan fingerprint density at radius 2 is 2.00 bits per heavy atom. The molecule has 18 heavy (non-hydrogen) atoms. The zero-order valence-corrected chi connectivity index (χ0v) is 12.4. The average molecular weight is 295 g/mol. The first-order chi connectivity index (χ1) is 7.84. The van der Waals surface area contributed by atoms with Gasteiger partial charge in [-0.3, -0.25) is 4.68 Å². The summed E-state index contributed by atoms with van der Waals surface area (Å²) in [4.78, 5) is 0.328. The summed E-state index contributed by atoms with van der Waals surface area (Å²) in [5.41, 5.74) is 6.97. The van der Waals surface area contributed by atoms with Crippen molar-refractivity contribution in [3.05, 3.63) is 11.4 Å². The summed E-state index contributed by atoms with van der Waals surface area (Å²) in [5, 5.41) is 4.15. The molecule has 1 saturated heterocycles. The largest absolute Gasteiger partial charge is 0.326 e. The number of rotatable bonds is 2. The van der Waals surface area contributed by atoms with Crippen LogP contribution in [0.25, 0.3) is 0 Å². The topological polar surface area (TPSA) is 81.2 Å². The summed E-state index contributed by atoms with van der Waals surface area (Å²) in [7, 11) is -1.70. The van der Waals surface area contributed by atoms with Crippen LogP contribution in [-0.4, -0.2) is 41.6 Å². The van der Waals surface area contributed by atoms with Crippen molar-refractivity contribution in [1.29, 1.82) is 0 Å². The Bertz CT molecular complexity index is 540. The van der Waals surface area contributed by atoms with E-state index >= 15 is 0 Å². The molecule has 1 aromatic heterocycles. The van der Waals surface area contributed by atoms with Crippen LogP contribution in [0, 0.1) is 13.8 Å². The molecule has 1 aromatic rings. The predicted octanol–water partition coefficient (Wildman–Crippen LogP) is 0.180. The van der Waals surface area contributed by atoms with Gasteiger partial charge in [0.2, 0.25) is 10.0 Å². The second-order valence-corrected chi connectivity index (χ2v) is 6.41. The number of nitrogens with zero attached hydrogens (tertiary/aromatic N) is 3. The van der Waals surface area contributed by atoms with Crippen molar-refractivity contribution >= 4 is 22.4 Å². The van der Waals surface area contributed by atoms with Gasteiger partial charge in [0.05, 0.1) is 11.4 Å². The molecule has 0 aromatic carbocycles. The summed E-state index contributed by atoms with van der Waals surface area (Å²) >= 11 is 0. The van der Waals surface area contributed by atoms with E-state index in [9.17, 15) is 8.42 Å². The fraction of sp³-hybridized carbons (Fsp3) is 0.700. The first kappa shape index (κ1) is 15.4. The Kier molecular flexibility index (Phi) is 4.42. The van der Waals surface area contributed by atoms with E-state index in [0.29, 0.717) is 29.4 Å². The molecule has 2 N–H and O–H groups in total. The number of hydrogen-bond donors (Lipinski definition) is 1. The van der Waals surface area contributed by atoms with Gasteiger partial charge in [0.1, 0.15) is 4.90 Å². The van der Waals surface area contributed by atoms with E-state index in [1.54, 1.807) is 25.6 Å². The highest BCUT2D eigenvalue weighted by atomic mass is 35.5. The van der Waals surface area contributed by atoms with Crippen molar-refractivity contribution in [2.75, 3.05) is 13.1 Å². The normalized spacial score (nSPS) is 21.0. The third-order valence-corrected chi connectivity index (χ3v) is 5.35. The van der Waals surface area contributed by atoms with Crippen molar-refractivity contribution in [3.8, 4) is 0 Å². The molecule has 6 nitrogen and oxygen atoms in total. The summed E-state index contributed by atoms with van der Waals surface area (Å²) in [6, 6.07) is -0.0536. The quantitative estimate of drug-likeness (QED) is 0.844. The molecule has 2 rings (SSSR count). The van der Waals surface area contributed by atoms with E-state index < -0.39 is 10.0 Å². The molecular formula is C10H19ClN4O2S. The van der Waals surface area contributed by atoms with Gasteiger partial charge in [0.15, 0.2) is 0 Å². The van der Waals surface area contributed by atoms with E-state index in [2.05, 4.69) is 5.10 Å². The maximum Gasteiger partial charge on any atom is 0.246 e. The third kappa shape index (κ3) is 2.40.